The lowest BCUT2D eigenvalue weighted by atomic mass is 10.3. The number of hydrogen-bond acceptors (Lipinski definition) is 3. The van der Waals surface area contributed by atoms with Gasteiger partial charge in [0.25, 0.3) is 0 Å². The molecule has 4 heteroatoms. The summed E-state index contributed by atoms with van der Waals surface area (Å²) < 4.78 is 7.66. The van der Waals surface area contributed by atoms with Gasteiger partial charge in [0.1, 0.15) is 0 Å². The molecule has 0 saturated heterocycles. The van der Waals surface area contributed by atoms with Crippen molar-refractivity contribution in [2.45, 2.75) is 39.7 Å². The summed E-state index contributed by atoms with van der Waals surface area (Å²) in [6.45, 7) is 4.78. The minimum Gasteiger partial charge on any atom is -0.490 e. The number of aliphatic hydroxyl groups is 1. The van der Waals surface area contributed by atoms with Gasteiger partial charge in [0.05, 0.1) is 24.6 Å². The number of rotatable bonds is 6. The first-order valence-electron chi connectivity index (χ1n) is 6.48. The molecule has 0 aliphatic carbocycles. The molecule has 4 nitrogen and oxygen atoms in total. The van der Waals surface area contributed by atoms with E-state index in [0.29, 0.717) is 6.61 Å². The molecule has 0 fully saturated rings. The molecule has 0 aliphatic rings. The van der Waals surface area contributed by atoms with Crippen LogP contribution in [0.4, 0.5) is 0 Å². The second-order valence-corrected chi connectivity index (χ2v) is 4.42. The number of aryl methyl sites for hydroxylation is 1. The van der Waals surface area contributed by atoms with Crippen LogP contribution in [0.25, 0.3) is 5.65 Å². The molecule has 1 N–H and O–H groups in total. The summed E-state index contributed by atoms with van der Waals surface area (Å²) in [5, 5.41) is 9.34. The van der Waals surface area contributed by atoms with Gasteiger partial charge in [-0.05, 0) is 25.5 Å². The van der Waals surface area contributed by atoms with E-state index in [9.17, 15) is 5.11 Å². The van der Waals surface area contributed by atoms with Crippen LogP contribution in [0.5, 0.6) is 5.75 Å². The fourth-order valence-electron chi connectivity index (χ4n) is 2.04. The second-order valence-electron chi connectivity index (χ2n) is 4.42. The predicted octanol–water partition coefficient (Wildman–Crippen LogP) is 2.70. The van der Waals surface area contributed by atoms with Crippen LogP contribution < -0.4 is 4.74 Å². The molecule has 18 heavy (non-hydrogen) atoms. The summed E-state index contributed by atoms with van der Waals surface area (Å²) in [6, 6.07) is 3.84. The van der Waals surface area contributed by atoms with E-state index in [-0.39, 0.29) is 6.61 Å². The van der Waals surface area contributed by atoms with Crippen molar-refractivity contribution in [2.24, 2.45) is 0 Å². The van der Waals surface area contributed by atoms with Gasteiger partial charge in [-0.2, -0.15) is 0 Å². The van der Waals surface area contributed by atoms with Crippen molar-refractivity contribution in [2.75, 3.05) is 6.61 Å². The van der Waals surface area contributed by atoms with E-state index in [1.54, 1.807) is 0 Å². The standard InChI is InChI=1S/C14H20N2O2/c1-3-4-5-9-18-13-7-6-8-16-12(10-17)11(2)15-14(13)16/h6-8,17H,3-5,9-10H2,1-2H3. The summed E-state index contributed by atoms with van der Waals surface area (Å²) in [6.07, 6.45) is 5.33. The normalized spacial score (nSPS) is 11.1. The number of pyridine rings is 1. The molecule has 2 rings (SSSR count). The topological polar surface area (TPSA) is 46.8 Å². The molecule has 0 aliphatic heterocycles. The summed E-state index contributed by atoms with van der Waals surface area (Å²) in [5.41, 5.74) is 2.46. The smallest absolute Gasteiger partial charge is 0.180 e. The Balaban J connectivity index is 2.23. The molecule has 0 aromatic carbocycles. The third-order valence-electron chi connectivity index (χ3n) is 3.07. The highest BCUT2D eigenvalue weighted by atomic mass is 16.5. The number of fused-ring (bicyclic) bond motifs is 1. The average molecular weight is 248 g/mol. The van der Waals surface area contributed by atoms with Gasteiger partial charge in [0.2, 0.25) is 0 Å². The van der Waals surface area contributed by atoms with Crippen molar-refractivity contribution in [1.29, 1.82) is 0 Å². The lowest BCUT2D eigenvalue weighted by Crippen LogP contribution is -2.00. The fourth-order valence-corrected chi connectivity index (χ4v) is 2.04. The number of ether oxygens (including phenoxy) is 1. The number of hydrogen-bond donors (Lipinski definition) is 1. The van der Waals surface area contributed by atoms with Crippen LogP contribution in [0.15, 0.2) is 18.3 Å². The maximum absolute atomic E-state index is 9.34. The van der Waals surface area contributed by atoms with Gasteiger partial charge >= 0.3 is 0 Å². The zero-order valence-electron chi connectivity index (χ0n) is 11.0. The van der Waals surface area contributed by atoms with E-state index in [4.69, 9.17) is 4.74 Å². The highest BCUT2D eigenvalue weighted by molar-refractivity contribution is 5.55. The average Bonchev–Trinajstić information content (AvgIpc) is 2.70. The first kappa shape index (κ1) is 12.9. The fraction of sp³-hybridized carbons (Fsp3) is 0.500. The van der Waals surface area contributed by atoms with Gasteiger partial charge < -0.3 is 9.84 Å². The Morgan fingerprint density at radius 1 is 1.39 bits per heavy atom. The Morgan fingerprint density at radius 3 is 2.94 bits per heavy atom. The van der Waals surface area contributed by atoms with E-state index in [1.165, 1.54) is 12.8 Å². The highest BCUT2D eigenvalue weighted by Crippen LogP contribution is 2.22. The molecule has 0 amide bonds. The van der Waals surface area contributed by atoms with Crippen molar-refractivity contribution >= 4 is 5.65 Å². The zero-order chi connectivity index (χ0) is 13.0. The Labute approximate surface area is 107 Å². The van der Waals surface area contributed by atoms with Gasteiger partial charge in [-0.1, -0.05) is 19.8 Å². The van der Waals surface area contributed by atoms with Gasteiger partial charge in [0.15, 0.2) is 11.4 Å². The predicted molar refractivity (Wildman–Crippen MR) is 70.9 cm³/mol. The molecule has 0 unspecified atom stereocenters. The van der Waals surface area contributed by atoms with Crippen molar-refractivity contribution < 1.29 is 9.84 Å². The highest BCUT2D eigenvalue weighted by Gasteiger charge is 2.11. The van der Waals surface area contributed by atoms with Gasteiger partial charge in [-0.15, -0.1) is 0 Å². The number of nitrogens with zero attached hydrogens (tertiary/aromatic N) is 2. The molecule has 2 heterocycles. The Bertz CT molecular complexity index is 520. The lowest BCUT2D eigenvalue weighted by Gasteiger charge is -2.07. The number of imidazole rings is 1. The summed E-state index contributed by atoms with van der Waals surface area (Å²) >= 11 is 0. The van der Waals surface area contributed by atoms with Gasteiger partial charge in [-0.25, -0.2) is 4.98 Å². The van der Waals surface area contributed by atoms with Gasteiger partial charge in [0, 0.05) is 6.20 Å². The largest absolute Gasteiger partial charge is 0.490 e. The van der Waals surface area contributed by atoms with Crippen LogP contribution in [-0.2, 0) is 6.61 Å². The van der Waals surface area contributed by atoms with E-state index >= 15 is 0 Å². The van der Waals surface area contributed by atoms with Crippen molar-refractivity contribution in [3.63, 3.8) is 0 Å². The van der Waals surface area contributed by atoms with Crippen LogP contribution in [0.1, 0.15) is 37.6 Å². The summed E-state index contributed by atoms with van der Waals surface area (Å²) in [5.74, 6) is 0.788. The minimum atomic E-state index is -0.00765. The lowest BCUT2D eigenvalue weighted by molar-refractivity contribution is 0.274. The van der Waals surface area contributed by atoms with Crippen LogP contribution >= 0.6 is 0 Å². The second kappa shape index (κ2) is 5.87. The first-order chi connectivity index (χ1) is 8.77. The number of unbranched alkanes of at least 4 members (excludes halogenated alkanes) is 2. The summed E-state index contributed by atoms with van der Waals surface area (Å²) in [4.78, 5) is 4.46. The minimum absolute atomic E-state index is 0.00765. The molecular weight excluding hydrogens is 228 g/mol. The molecule has 0 bridgehead atoms. The van der Waals surface area contributed by atoms with Crippen molar-refractivity contribution in [3.8, 4) is 5.75 Å². The van der Waals surface area contributed by atoms with Crippen LogP contribution in [0.3, 0.4) is 0 Å². The van der Waals surface area contributed by atoms with Crippen LogP contribution in [-0.4, -0.2) is 21.1 Å². The third-order valence-corrected chi connectivity index (χ3v) is 3.07. The van der Waals surface area contributed by atoms with E-state index in [0.717, 1.165) is 29.2 Å². The van der Waals surface area contributed by atoms with E-state index in [1.807, 2.05) is 29.7 Å². The SMILES string of the molecule is CCCCCOc1cccn2c(CO)c(C)nc12. The quantitative estimate of drug-likeness (QED) is 0.799. The monoisotopic (exact) mass is 248 g/mol. The van der Waals surface area contributed by atoms with Crippen molar-refractivity contribution in [3.05, 3.63) is 29.7 Å². The molecular formula is C14H20N2O2. The zero-order valence-corrected chi connectivity index (χ0v) is 11.0. The molecule has 98 valence electrons. The molecule has 0 spiro atoms. The maximum atomic E-state index is 9.34. The third kappa shape index (κ3) is 2.48. The molecule has 2 aromatic heterocycles. The molecule has 0 saturated carbocycles. The number of aromatic nitrogens is 2. The van der Waals surface area contributed by atoms with E-state index in [2.05, 4.69) is 11.9 Å². The molecule has 0 radical (unpaired) electrons. The van der Waals surface area contributed by atoms with E-state index < -0.39 is 0 Å². The summed E-state index contributed by atoms with van der Waals surface area (Å²) in [7, 11) is 0. The Kier molecular flexibility index (Phi) is 4.20. The first-order valence-corrected chi connectivity index (χ1v) is 6.48. The van der Waals surface area contributed by atoms with Gasteiger partial charge in [-0.3, -0.25) is 4.40 Å². The van der Waals surface area contributed by atoms with Crippen molar-refractivity contribution in [1.82, 2.24) is 9.38 Å². The molecule has 2 aromatic rings. The molecule has 0 atom stereocenters. The Hall–Kier alpha value is -1.55. The maximum Gasteiger partial charge on any atom is 0.180 e. The van der Waals surface area contributed by atoms with Crippen LogP contribution in [0.2, 0.25) is 0 Å². The number of aliphatic hydroxyl groups excluding tert-OH is 1. The van der Waals surface area contributed by atoms with Crippen LogP contribution in [0, 0.1) is 6.92 Å². The Morgan fingerprint density at radius 2 is 2.22 bits per heavy atom.